The molecule has 0 amide bonds. The fourth-order valence-corrected chi connectivity index (χ4v) is 3.29. The van der Waals surface area contributed by atoms with E-state index in [1.807, 2.05) is 36.4 Å². The van der Waals surface area contributed by atoms with E-state index in [0.29, 0.717) is 11.7 Å². The zero-order valence-electron chi connectivity index (χ0n) is 16.3. The van der Waals surface area contributed by atoms with Crippen LogP contribution in [0, 0.1) is 0 Å². The van der Waals surface area contributed by atoms with Gasteiger partial charge in [-0.25, -0.2) is 4.79 Å². The number of aromatic carboxylic acids is 1. The minimum Gasteiger partial charge on any atom is -0.478 e. The van der Waals surface area contributed by atoms with Crippen molar-refractivity contribution in [3.05, 3.63) is 83.9 Å². The molecule has 144 valence electrons. The van der Waals surface area contributed by atoms with E-state index in [9.17, 15) is 4.79 Å². The van der Waals surface area contributed by atoms with Gasteiger partial charge in [0.2, 0.25) is 0 Å². The molecule has 0 saturated carbocycles. The second-order valence-electron chi connectivity index (χ2n) is 7.23. The number of rotatable bonds is 5. The normalized spacial score (nSPS) is 11.0. The van der Waals surface area contributed by atoms with Crippen molar-refractivity contribution in [2.45, 2.75) is 19.8 Å². The van der Waals surface area contributed by atoms with Crippen LogP contribution in [0.15, 0.2) is 72.8 Å². The molecule has 5 heteroatoms. The van der Waals surface area contributed by atoms with Crippen molar-refractivity contribution in [2.75, 3.05) is 5.32 Å². The minimum absolute atomic E-state index is 0.245. The van der Waals surface area contributed by atoms with Crippen molar-refractivity contribution in [2.24, 2.45) is 0 Å². The first kappa shape index (κ1) is 18.6. The van der Waals surface area contributed by atoms with Gasteiger partial charge in [0.15, 0.2) is 5.82 Å². The molecule has 0 atom stereocenters. The molecule has 0 aliphatic carbocycles. The highest BCUT2D eigenvalue weighted by Crippen LogP contribution is 2.31. The van der Waals surface area contributed by atoms with Gasteiger partial charge >= 0.3 is 5.97 Å². The van der Waals surface area contributed by atoms with Crippen LogP contribution in [-0.2, 0) is 0 Å². The zero-order chi connectivity index (χ0) is 20.4. The van der Waals surface area contributed by atoms with Crippen molar-refractivity contribution in [3.8, 4) is 11.3 Å². The number of carboxylic acids is 1. The van der Waals surface area contributed by atoms with E-state index in [-0.39, 0.29) is 5.56 Å². The number of nitrogens with one attached hydrogen (secondary N) is 1. The predicted octanol–water partition coefficient (Wildman–Crippen LogP) is 5.86. The number of anilines is 2. The molecule has 0 bridgehead atoms. The summed E-state index contributed by atoms with van der Waals surface area (Å²) in [6.07, 6.45) is 0. The van der Waals surface area contributed by atoms with Crippen molar-refractivity contribution >= 4 is 28.2 Å². The first-order valence-corrected chi connectivity index (χ1v) is 9.49. The molecule has 4 aromatic rings. The van der Waals surface area contributed by atoms with Crippen molar-refractivity contribution in [1.29, 1.82) is 0 Å². The average Bonchev–Trinajstić information content (AvgIpc) is 2.74. The fourth-order valence-electron chi connectivity index (χ4n) is 3.29. The van der Waals surface area contributed by atoms with E-state index in [4.69, 9.17) is 5.11 Å². The number of carboxylic acid groups (broad SMARTS) is 1. The topological polar surface area (TPSA) is 75.1 Å². The molecule has 0 spiro atoms. The fraction of sp³-hybridized carbons (Fsp3) is 0.125. The first-order valence-electron chi connectivity index (χ1n) is 9.49. The molecule has 4 rings (SSSR count). The van der Waals surface area contributed by atoms with Gasteiger partial charge in [-0.1, -0.05) is 62.4 Å². The second kappa shape index (κ2) is 7.72. The number of hydrogen-bond donors (Lipinski definition) is 2. The summed E-state index contributed by atoms with van der Waals surface area (Å²) in [5.41, 5.74) is 4.01. The van der Waals surface area contributed by atoms with Gasteiger partial charge in [-0.15, -0.1) is 10.2 Å². The molecular weight excluding hydrogens is 362 g/mol. The summed E-state index contributed by atoms with van der Waals surface area (Å²) in [4.78, 5) is 11.1. The minimum atomic E-state index is -0.948. The van der Waals surface area contributed by atoms with Crippen LogP contribution in [0.3, 0.4) is 0 Å². The van der Waals surface area contributed by atoms with Crippen LogP contribution in [0.4, 0.5) is 11.5 Å². The molecule has 0 saturated heterocycles. The molecule has 0 aliphatic rings. The van der Waals surface area contributed by atoms with Crippen LogP contribution in [0.1, 0.15) is 35.7 Å². The first-order chi connectivity index (χ1) is 14.0. The van der Waals surface area contributed by atoms with Gasteiger partial charge in [-0.3, -0.25) is 0 Å². The highest BCUT2D eigenvalue weighted by Gasteiger charge is 2.12. The second-order valence-corrected chi connectivity index (χ2v) is 7.23. The summed E-state index contributed by atoms with van der Waals surface area (Å²) >= 11 is 0. The lowest BCUT2D eigenvalue weighted by Gasteiger charge is -2.13. The molecule has 0 radical (unpaired) electrons. The number of aromatic nitrogens is 2. The summed E-state index contributed by atoms with van der Waals surface area (Å²) in [6, 6.07) is 22.9. The Labute approximate surface area is 169 Å². The summed E-state index contributed by atoms with van der Waals surface area (Å²) < 4.78 is 0. The van der Waals surface area contributed by atoms with Gasteiger partial charge in [0.1, 0.15) is 5.69 Å². The van der Waals surface area contributed by atoms with E-state index >= 15 is 0 Å². The summed E-state index contributed by atoms with van der Waals surface area (Å²) in [5.74, 6) is 0.179. The number of benzene rings is 3. The standard InChI is InChI=1S/C24H21N3O2/c1-15(2)18-6-5-7-19(14-18)25-23-21-9-4-3-8-20(21)22(26-27-23)16-10-12-17(13-11-16)24(28)29/h3-15H,1-2H3,(H,25,27)(H,28,29). The SMILES string of the molecule is CC(C)c1cccc(Nc2nnc(-c3ccc(C(=O)O)cc3)c3ccccc23)c1. The van der Waals surface area contributed by atoms with Crippen LogP contribution in [-0.4, -0.2) is 21.3 Å². The van der Waals surface area contributed by atoms with Gasteiger partial charge in [-0.05, 0) is 35.7 Å². The van der Waals surface area contributed by atoms with Gasteiger partial charge in [0, 0.05) is 22.0 Å². The summed E-state index contributed by atoms with van der Waals surface area (Å²) in [6.45, 7) is 4.33. The maximum absolute atomic E-state index is 11.1. The molecule has 3 aromatic carbocycles. The van der Waals surface area contributed by atoms with Crippen LogP contribution in [0.25, 0.3) is 22.0 Å². The Kier molecular flexibility index (Phi) is 4.96. The third kappa shape index (κ3) is 3.80. The van der Waals surface area contributed by atoms with Crippen LogP contribution < -0.4 is 5.32 Å². The molecule has 5 nitrogen and oxygen atoms in total. The molecule has 0 fully saturated rings. The summed E-state index contributed by atoms with van der Waals surface area (Å²) in [5, 5.41) is 23.3. The molecule has 1 aromatic heterocycles. The lowest BCUT2D eigenvalue weighted by Crippen LogP contribution is -2.00. The zero-order valence-corrected chi connectivity index (χ0v) is 16.3. The van der Waals surface area contributed by atoms with Crippen molar-refractivity contribution < 1.29 is 9.90 Å². The van der Waals surface area contributed by atoms with Gasteiger partial charge in [0.25, 0.3) is 0 Å². The third-order valence-electron chi connectivity index (χ3n) is 4.91. The van der Waals surface area contributed by atoms with Gasteiger partial charge in [-0.2, -0.15) is 0 Å². The molecular formula is C24H21N3O2. The molecule has 0 unspecified atom stereocenters. The quantitative estimate of drug-likeness (QED) is 0.451. The Morgan fingerprint density at radius 3 is 2.31 bits per heavy atom. The number of fused-ring (bicyclic) bond motifs is 1. The maximum atomic E-state index is 11.1. The lowest BCUT2D eigenvalue weighted by molar-refractivity contribution is 0.0697. The van der Waals surface area contributed by atoms with E-state index < -0.39 is 5.97 Å². The third-order valence-corrected chi connectivity index (χ3v) is 4.91. The van der Waals surface area contributed by atoms with Crippen LogP contribution >= 0.6 is 0 Å². The number of hydrogen-bond acceptors (Lipinski definition) is 4. The molecule has 1 heterocycles. The van der Waals surface area contributed by atoms with E-state index in [0.717, 1.165) is 27.7 Å². The van der Waals surface area contributed by atoms with E-state index in [1.54, 1.807) is 24.3 Å². The van der Waals surface area contributed by atoms with E-state index in [1.165, 1.54) is 5.56 Å². The number of nitrogens with zero attached hydrogens (tertiary/aromatic N) is 2. The molecule has 2 N–H and O–H groups in total. The van der Waals surface area contributed by atoms with Crippen molar-refractivity contribution in [1.82, 2.24) is 10.2 Å². The lowest BCUT2D eigenvalue weighted by atomic mass is 10.0. The van der Waals surface area contributed by atoms with Crippen LogP contribution in [0.2, 0.25) is 0 Å². The molecule has 0 aliphatic heterocycles. The largest absolute Gasteiger partial charge is 0.478 e. The monoisotopic (exact) mass is 383 g/mol. The predicted molar refractivity (Wildman–Crippen MR) is 116 cm³/mol. The van der Waals surface area contributed by atoms with Gasteiger partial charge in [0.05, 0.1) is 5.56 Å². The Morgan fingerprint density at radius 1 is 0.897 bits per heavy atom. The highest BCUT2D eigenvalue weighted by atomic mass is 16.4. The summed E-state index contributed by atoms with van der Waals surface area (Å²) in [7, 11) is 0. The Bertz CT molecular complexity index is 1180. The smallest absolute Gasteiger partial charge is 0.335 e. The highest BCUT2D eigenvalue weighted by molar-refractivity contribution is 6.01. The molecule has 29 heavy (non-hydrogen) atoms. The Hall–Kier alpha value is -3.73. The number of carbonyl (C=O) groups is 1. The van der Waals surface area contributed by atoms with Crippen molar-refractivity contribution in [3.63, 3.8) is 0 Å². The Balaban J connectivity index is 1.76. The maximum Gasteiger partial charge on any atom is 0.335 e. The van der Waals surface area contributed by atoms with E-state index in [2.05, 4.69) is 41.5 Å². The van der Waals surface area contributed by atoms with Gasteiger partial charge < -0.3 is 10.4 Å². The average molecular weight is 383 g/mol. The Morgan fingerprint density at radius 2 is 1.62 bits per heavy atom. The van der Waals surface area contributed by atoms with Crippen LogP contribution in [0.5, 0.6) is 0 Å².